The van der Waals surface area contributed by atoms with Crippen molar-refractivity contribution in [1.29, 1.82) is 0 Å². The molecule has 3 rings (SSSR count). The summed E-state index contributed by atoms with van der Waals surface area (Å²) in [6, 6.07) is 9.04. The molecule has 0 saturated heterocycles. The molecule has 0 aliphatic carbocycles. The van der Waals surface area contributed by atoms with E-state index in [0.717, 1.165) is 0 Å². The Bertz CT molecular complexity index is 856. The summed E-state index contributed by atoms with van der Waals surface area (Å²) in [4.78, 5) is 26.1. The quantitative estimate of drug-likeness (QED) is 0.405. The Balaban J connectivity index is 2.26. The van der Waals surface area contributed by atoms with E-state index in [1.54, 1.807) is 30.6 Å². The summed E-state index contributed by atoms with van der Waals surface area (Å²) in [5.74, 6) is 0. The number of benzene rings is 1. The Hall–Kier alpha value is -3.02. The standard InChI is InChI=1S/C14H8N2O4/c17-14-12(9-3-5-15-6-4-9)8-10-7-11(16(18)19)1-2-13(10)20-14/h1-8H. The number of nitro benzene ring substituents is 1. The van der Waals surface area contributed by atoms with Gasteiger partial charge in [-0.05, 0) is 29.8 Å². The highest BCUT2D eigenvalue weighted by molar-refractivity contribution is 5.83. The molecule has 3 aromatic rings. The maximum Gasteiger partial charge on any atom is 0.344 e. The van der Waals surface area contributed by atoms with Crippen molar-refractivity contribution < 1.29 is 9.34 Å². The summed E-state index contributed by atoms with van der Waals surface area (Å²) in [5.41, 5.74) is 0.783. The second-order valence-electron chi connectivity index (χ2n) is 4.16. The topological polar surface area (TPSA) is 86.2 Å². The van der Waals surface area contributed by atoms with Crippen LogP contribution in [0.3, 0.4) is 0 Å². The fraction of sp³-hybridized carbons (Fsp3) is 0. The molecule has 2 heterocycles. The van der Waals surface area contributed by atoms with Crippen LogP contribution >= 0.6 is 0 Å². The van der Waals surface area contributed by atoms with Crippen molar-refractivity contribution in [3.8, 4) is 11.1 Å². The summed E-state index contributed by atoms with van der Waals surface area (Å²) >= 11 is 0. The van der Waals surface area contributed by atoms with Crippen LogP contribution in [0.5, 0.6) is 0 Å². The number of hydrogen-bond acceptors (Lipinski definition) is 5. The zero-order chi connectivity index (χ0) is 14.1. The second-order valence-corrected chi connectivity index (χ2v) is 4.16. The van der Waals surface area contributed by atoms with Crippen molar-refractivity contribution in [2.24, 2.45) is 0 Å². The van der Waals surface area contributed by atoms with Crippen LogP contribution in [0, 0.1) is 10.1 Å². The fourth-order valence-corrected chi connectivity index (χ4v) is 1.96. The van der Waals surface area contributed by atoms with Gasteiger partial charge in [-0.15, -0.1) is 0 Å². The second kappa shape index (κ2) is 4.58. The number of fused-ring (bicyclic) bond motifs is 1. The molecule has 0 saturated carbocycles. The third-order valence-electron chi connectivity index (χ3n) is 2.92. The van der Waals surface area contributed by atoms with Gasteiger partial charge in [0.25, 0.3) is 5.69 Å². The summed E-state index contributed by atoms with van der Waals surface area (Å²) in [6.45, 7) is 0. The molecule has 0 radical (unpaired) electrons. The monoisotopic (exact) mass is 268 g/mol. The van der Waals surface area contributed by atoms with E-state index in [0.29, 0.717) is 22.1 Å². The smallest absolute Gasteiger partial charge is 0.344 e. The lowest BCUT2D eigenvalue weighted by Crippen LogP contribution is -2.02. The maximum atomic E-state index is 11.9. The third-order valence-corrected chi connectivity index (χ3v) is 2.92. The molecular weight excluding hydrogens is 260 g/mol. The molecule has 0 unspecified atom stereocenters. The molecular formula is C14H8N2O4. The van der Waals surface area contributed by atoms with Gasteiger partial charge in [-0.3, -0.25) is 15.1 Å². The zero-order valence-corrected chi connectivity index (χ0v) is 10.1. The molecule has 1 aromatic carbocycles. The van der Waals surface area contributed by atoms with E-state index >= 15 is 0 Å². The van der Waals surface area contributed by atoms with E-state index in [9.17, 15) is 14.9 Å². The molecule has 2 aromatic heterocycles. The zero-order valence-electron chi connectivity index (χ0n) is 10.1. The lowest BCUT2D eigenvalue weighted by molar-refractivity contribution is -0.384. The Kier molecular flexibility index (Phi) is 2.76. The Morgan fingerprint density at radius 3 is 2.55 bits per heavy atom. The van der Waals surface area contributed by atoms with Crippen molar-refractivity contribution >= 4 is 16.7 Å². The number of rotatable bonds is 2. The largest absolute Gasteiger partial charge is 0.422 e. The number of non-ortho nitro benzene ring substituents is 1. The maximum absolute atomic E-state index is 11.9. The summed E-state index contributed by atoms with van der Waals surface area (Å²) < 4.78 is 5.18. The minimum absolute atomic E-state index is 0.0490. The first-order chi connectivity index (χ1) is 9.65. The highest BCUT2D eigenvalue weighted by atomic mass is 16.6. The molecule has 0 amide bonds. The first-order valence-electron chi connectivity index (χ1n) is 5.78. The predicted molar refractivity (Wildman–Crippen MR) is 72.4 cm³/mol. The van der Waals surface area contributed by atoms with Crippen LogP contribution < -0.4 is 5.63 Å². The Morgan fingerprint density at radius 2 is 1.85 bits per heavy atom. The lowest BCUT2D eigenvalue weighted by Gasteiger charge is -2.02. The molecule has 6 heteroatoms. The van der Waals surface area contributed by atoms with Gasteiger partial charge in [0.2, 0.25) is 0 Å². The number of aromatic nitrogens is 1. The molecule has 0 N–H and O–H groups in total. The van der Waals surface area contributed by atoms with Gasteiger partial charge in [0.15, 0.2) is 0 Å². The molecule has 0 aliphatic heterocycles. The Labute approximate surface area is 112 Å². The molecule has 0 aliphatic rings. The lowest BCUT2D eigenvalue weighted by atomic mass is 10.1. The van der Waals surface area contributed by atoms with Crippen LogP contribution in [0.1, 0.15) is 0 Å². The molecule has 0 atom stereocenters. The van der Waals surface area contributed by atoms with E-state index in [4.69, 9.17) is 4.42 Å². The van der Waals surface area contributed by atoms with Gasteiger partial charge < -0.3 is 4.42 Å². The van der Waals surface area contributed by atoms with Gasteiger partial charge in [-0.1, -0.05) is 0 Å². The number of nitro groups is 1. The molecule has 20 heavy (non-hydrogen) atoms. The van der Waals surface area contributed by atoms with E-state index in [2.05, 4.69) is 4.98 Å². The summed E-state index contributed by atoms with van der Waals surface area (Å²) in [6.07, 6.45) is 3.12. The minimum atomic E-state index is -0.489. The summed E-state index contributed by atoms with van der Waals surface area (Å²) in [7, 11) is 0. The van der Waals surface area contributed by atoms with Crippen molar-refractivity contribution in [2.75, 3.05) is 0 Å². The van der Waals surface area contributed by atoms with Crippen molar-refractivity contribution in [1.82, 2.24) is 4.98 Å². The predicted octanol–water partition coefficient (Wildman–Crippen LogP) is 2.76. The number of hydrogen-bond donors (Lipinski definition) is 0. The van der Waals surface area contributed by atoms with Gasteiger partial charge in [-0.25, -0.2) is 4.79 Å². The molecule has 98 valence electrons. The Morgan fingerprint density at radius 1 is 1.10 bits per heavy atom. The number of pyridine rings is 1. The van der Waals surface area contributed by atoms with Crippen molar-refractivity contribution in [3.05, 3.63) is 69.3 Å². The van der Waals surface area contributed by atoms with Gasteiger partial charge in [-0.2, -0.15) is 0 Å². The average molecular weight is 268 g/mol. The average Bonchev–Trinajstić information content (AvgIpc) is 2.47. The number of nitrogens with zero attached hydrogens (tertiary/aromatic N) is 2. The van der Waals surface area contributed by atoms with Crippen LogP contribution in [-0.4, -0.2) is 9.91 Å². The van der Waals surface area contributed by atoms with E-state index < -0.39 is 10.5 Å². The SMILES string of the molecule is O=c1oc2ccc([N+](=O)[O-])cc2cc1-c1ccncc1. The van der Waals surface area contributed by atoms with Gasteiger partial charge in [0.05, 0.1) is 10.5 Å². The van der Waals surface area contributed by atoms with Crippen LogP contribution in [0.15, 0.2) is 58.0 Å². The van der Waals surface area contributed by atoms with Crippen LogP contribution in [-0.2, 0) is 0 Å². The van der Waals surface area contributed by atoms with E-state index in [-0.39, 0.29) is 5.69 Å². The van der Waals surface area contributed by atoms with Crippen molar-refractivity contribution in [2.45, 2.75) is 0 Å². The van der Waals surface area contributed by atoms with Gasteiger partial charge in [0.1, 0.15) is 5.58 Å². The molecule has 6 nitrogen and oxygen atoms in total. The molecule has 0 spiro atoms. The van der Waals surface area contributed by atoms with Crippen molar-refractivity contribution in [3.63, 3.8) is 0 Å². The van der Waals surface area contributed by atoms with E-state index in [1.807, 2.05) is 0 Å². The normalized spacial score (nSPS) is 10.6. The summed E-state index contributed by atoms with van der Waals surface area (Å²) in [5, 5.41) is 11.3. The van der Waals surface area contributed by atoms with Crippen LogP contribution in [0.4, 0.5) is 5.69 Å². The van der Waals surface area contributed by atoms with Gasteiger partial charge in [0, 0.05) is 29.9 Å². The highest BCUT2D eigenvalue weighted by Gasteiger charge is 2.11. The fourth-order valence-electron chi connectivity index (χ4n) is 1.96. The molecule has 0 fully saturated rings. The first-order valence-corrected chi connectivity index (χ1v) is 5.78. The third kappa shape index (κ3) is 2.03. The molecule has 0 bridgehead atoms. The first kappa shape index (κ1) is 12.0. The van der Waals surface area contributed by atoms with Crippen LogP contribution in [0.25, 0.3) is 22.1 Å². The highest BCUT2D eigenvalue weighted by Crippen LogP contribution is 2.24. The minimum Gasteiger partial charge on any atom is -0.422 e. The van der Waals surface area contributed by atoms with E-state index in [1.165, 1.54) is 18.2 Å². The van der Waals surface area contributed by atoms with Crippen LogP contribution in [0.2, 0.25) is 0 Å². The van der Waals surface area contributed by atoms with Gasteiger partial charge >= 0.3 is 5.63 Å².